The fourth-order valence-electron chi connectivity index (χ4n) is 3.94. The van der Waals surface area contributed by atoms with E-state index in [-0.39, 0.29) is 0 Å². The van der Waals surface area contributed by atoms with E-state index < -0.39 is 10.0 Å². The van der Waals surface area contributed by atoms with Gasteiger partial charge >= 0.3 is 0 Å². The van der Waals surface area contributed by atoms with Gasteiger partial charge < -0.3 is 9.64 Å². The van der Waals surface area contributed by atoms with Gasteiger partial charge in [-0.05, 0) is 75.0 Å². The number of sulfonamides is 1. The monoisotopic (exact) mass is 420 g/mol. The van der Waals surface area contributed by atoms with Crippen molar-refractivity contribution in [3.63, 3.8) is 0 Å². The summed E-state index contributed by atoms with van der Waals surface area (Å²) in [4.78, 5) is 3.99. The number of fused-ring (bicyclic) bond motifs is 1. The van der Waals surface area contributed by atoms with Crippen LogP contribution >= 0.6 is 11.3 Å². The number of aryl methyl sites for hydroxylation is 1. The van der Waals surface area contributed by atoms with Crippen LogP contribution in [0.5, 0.6) is 5.06 Å². The molecule has 2 aliphatic rings. The van der Waals surface area contributed by atoms with Crippen LogP contribution in [-0.2, 0) is 23.0 Å². The molecular formula is C21H28N2O3S2. The van der Waals surface area contributed by atoms with Crippen molar-refractivity contribution >= 4 is 21.4 Å². The summed E-state index contributed by atoms with van der Waals surface area (Å²) in [6.45, 7) is 7.15. The van der Waals surface area contributed by atoms with Gasteiger partial charge in [-0.25, -0.2) is 8.42 Å². The Morgan fingerprint density at radius 2 is 1.96 bits per heavy atom. The minimum absolute atomic E-state index is 0.380. The van der Waals surface area contributed by atoms with Crippen LogP contribution in [0.25, 0.3) is 0 Å². The number of ether oxygens (including phenoxy) is 1. The standard InChI is InChI=1S/C21H28N2O3S2/c1-17-6-4-7-19(14-17)28(24,25)23-12-8-18-15-21(27-20(18)16-23)26-13-5-11-22-9-2-3-10-22/h4,6-7,14-15H,2-3,5,8-13,16H2,1H3. The van der Waals surface area contributed by atoms with Crippen LogP contribution < -0.4 is 4.74 Å². The topological polar surface area (TPSA) is 49.9 Å². The van der Waals surface area contributed by atoms with Crippen molar-refractivity contribution in [1.82, 2.24) is 9.21 Å². The number of rotatable bonds is 7. The van der Waals surface area contributed by atoms with Gasteiger partial charge in [-0.3, -0.25) is 0 Å². The van der Waals surface area contributed by atoms with Gasteiger partial charge in [0.15, 0.2) is 5.06 Å². The van der Waals surface area contributed by atoms with Crippen molar-refractivity contribution in [2.45, 2.75) is 44.0 Å². The second kappa shape index (κ2) is 8.53. The molecule has 1 aromatic carbocycles. The van der Waals surface area contributed by atoms with Gasteiger partial charge in [0.1, 0.15) is 0 Å². The van der Waals surface area contributed by atoms with E-state index in [9.17, 15) is 8.42 Å². The molecule has 0 aliphatic carbocycles. The number of benzene rings is 1. The Bertz CT molecular complexity index is 917. The van der Waals surface area contributed by atoms with Gasteiger partial charge in [-0.1, -0.05) is 12.1 Å². The molecule has 0 unspecified atom stereocenters. The van der Waals surface area contributed by atoms with Gasteiger partial charge in [0.25, 0.3) is 0 Å². The summed E-state index contributed by atoms with van der Waals surface area (Å²) >= 11 is 1.59. The summed E-state index contributed by atoms with van der Waals surface area (Å²) in [6, 6.07) is 9.25. The zero-order chi connectivity index (χ0) is 19.6. The lowest BCUT2D eigenvalue weighted by Gasteiger charge is -2.26. The molecule has 0 radical (unpaired) electrons. The molecule has 1 fully saturated rings. The number of hydrogen-bond donors (Lipinski definition) is 0. The van der Waals surface area contributed by atoms with Gasteiger partial charge in [-0.15, -0.1) is 11.3 Å². The largest absolute Gasteiger partial charge is 0.484 e. The Morgan fingerprint density at radius 1 is 1.14 bits per heavy atom. The van der Waals surface area contributed by atoms with Crippen LogP contribution in [0.15, 0.2) is 35.2 Å². The Kier molecular flexibility index (Phi) is 6.06. The average molecular weight is 421 g/mol. The number of nitrogens with zero attached hydrogens (tertiary/aromatic N) is 2. The van der Waals surface area contributed by atoms with Gasteiger partial charge in [0.05, 0.1) is 11.5 Å². The Morgan fingerprint density at radius 3 is 2.75 bits per heavy atom. The third-order valence-corrected chi connectivity index (χ3v) is 8.43. The molecule has 152 valence electrons. The molecule has 5 nitrogen and oxygen atoms in total. The Labute approximate surface area is 172 Å². The number of hydrogen-bond acceptors (Lipinski definition) is 5. The van der Waals surface area contributed by atoms with Crippen molar-refractivity contribution in [1.29, 1.82) is 0 Å². The van der Waals surface area contributed by atoms with E-state index in [1.807, 2.05) is 13.0 Å². The maximum absolute atomic E-state index is 13.0. The average Bonchev–Trinajstić information content (AvgIpc) is 3.34. The molecule has 2 aliphatic heterocycles. The van der Waals surface area contributed by atoms with Crippen LogP contribution in [0.2, 0.25) is 0 Å². The lowest BCUT2D eigenvalue weighted by molar-refractivity contribution is 0.268. The van der Waals surface area contributed by atoms with E-state index in [4.69, 9.17) is 4.74 Å². The van der Waals surface area contributed by atoms with E-state index in [0.29, 0.717) is 18.0 Å². The lowest BCUT2D eigenvalue weighted by Crippen LogP contribution is -2.35. The first-order valence-corrected chi connectivity index (χ1v) is 12.3. The van der Waals surface area contributed by atoms with Crippen LogP contribution in [0, 0.1) is 6.92 Å². The first-order valence-electron chi connectivity index (χ1n) is 10.1. The highest BCUT2D eigenvalue weighted by molar-refractivity contribution is 7.89. The minimum Gasteiger partial charge on any atom is -0.484 e. The molecule has 0 spiro atoms. The molecule has 1 aromatic heterocycles. The third kappa shape index (κ3) is 4.43. The van der Waals surface area contributed by atoms with Gasteiger partial charge in [0.2, 0.25) is 10.0 Å². The van der Waals surface area contributed by atoms with E-state index in [1.165, 1.54) is 31.5 Å². The summed E-state index contributed by atoms with van der Waals surface area (Å²) in [5.74, 6) is 0. The molecule has 0 atom stereocenters. The fraction of sp³-hybridized carbons (Fsp3) is 0.524. The maximum atomic E-state index is 13.0. The van der Waals surface area contributed by atoms with E-state index in [1.54, 1.807) is 33.8 Å². The molecular weight excluding hydrogens is 392 g/mol. The predicted octanol–water partition coefficient (Wildman–Crippen LogP) is 3.67. The number of likely N-dealkylation sites (tertiary alicyclic amines) is 1. The summed E-state index contributed by atoms with van der Waals surface area (Å²) in [5.41, 5.74) is 2.19. The van der Waals surface area contributed by atoms with Crippen molar-refractivity contribution in [2.24, 2.45) is 0 Å². The second-order valence-electron chi connectivity index (χ2n) is 7.67. The highest BCUT2D eigenvalue weighted by atomic mass is 32.2. The Balaban J connectivity index is 1.36. The molecule has 28 heavy (non-hydrogen) atoms. The van der Waals surface area contributed by atoms with E-state index in [2.05, 4.69) is 11.0 Å². The summed E-state index contributed by atoms with van der Waals surface area (Å²) in [7, 11) is -3.45. The molecule has 0 amide bonds. The molecule has 7 heteroatoms. The highest BCUT2D eigenvalue weighted by Crippen LogP contribution is 2.35. The molecule has 0 N–H and O–H groups in total. The fourth-order valence-corrected chi connectivity index (χ4v) is 6.63. The zero-order valence-electron chi connectivity index (χ0n) is 16.4. The molecule has 1 saturated heterocycles. The van der Waals surface area contributed by atoms with Crippen molar-refractivity contribution in [2.75, 3.05) is 32.8 Å². The van der Waals surface area contributed by atoms with Crippen molar-refractivity contribution in [3.05, 3.63) is 46.3 Å². The quantitative estimate of drug-likeness (QED) is 0.642. The predicted molar refractivity (Wildman–Crippen MR) is 113 cm³/mol. The van der Waals surface area contributed by atoms with E-state index in [0.717, 1.165) is 41.5 Å². The molecule has 3 heterocycles. The van der Waals surface area contributed by atoms with Crippen LogP contribution in [-0.4, -0.2) is 50.4 Å². The first-order chi connectivity index (χ1) is 13.5. The molecule has 0 bridgehead atoms. The summed E-state index contributed by atoms with van der Waals surface area (Å²) in [6.07, 6.45) is 4.42. The SMILES string of the molecule is Cc1cccc(S(=O)(=O)N2CCc3cc(OCCCN4CCCC4)sc3C2)c1. The summed E-state index contributed by atoms with van der Waals surface area (Å²) < 4.78 is 33.5. The molecule has 4 rings (SSSR count). The Hall–Kier alpha value is -1.41. The van der Waals surface area contributed by atoms with Gasteiger partial charge in [0, 0.05) is 24.5 Å². The van der Waals surface area contributed by atoms with Crippen LogP contribution in [0.3, 0.4) is 0 Å². The normalized spacial score (nSPS) is 18.3. The van der Waals surface area contributed by atoms with Gasteiger partial charge in [-0.2, -0.15) is 4.31 Å². The zero-order valence-corrected chi connectivity index (χ0v) is 18.0. The lowest BCUT2D eigenvalue weighted by atomic mass is 10.1. The van der Waals surface area contributed by atoms with Crippen LogP contribution in [0.4, 0.5) is 0 Å². The second-order valence-corrected chi connectivity index (χ2v) is 10.7. The van der Waals surface area contributed by atoms with Crippen molar-refractivity contribution in [3.8, 4) is 5.06 Å². The molecule has 2 aromatic rings. The summed E-state index contributed by atoms with van der Waals surface area (Å²) in [5, 5.41) is 0.918. The smallest absolute Gasteiger partial charge is 0.243 e. The van der Waals surface area contributed by atoms with E-state index >= 15 is 0 Å². The first kappa shape index (κ1) is 19.9. The van der Waals surface area contributed by atoms with Crippen LogP contribution in [0.1, 0.15) is 35.3 Å². The minimum atomic E-state index is -3.45. The maximum Gasteiger partial charge on any atom is 0.243 e. The number of thiophene rings is 1. The van der Waals surface area contributed by atoms with Crippen molar-refractivity contribution < 1.29 is 13.2 Å². The highest BCUT2D eigenvalue weighted by Gasteiger charge is 2.29. The molecule has 0 saturated carbocycles. The third-order valence-electron chi connectivity index (χ3n) is 5.51.